The number of fused-ring (bicyclic) bond motifs is 1. The van der Waals surface area contributed by atoms with Crippen molar-refractivity contribution in [3.63, 3.8) is 0 Å². The van der Waals surface area contributed by atoms with Crippen molar-refractivity contribution in [2.45, 2.75) is 0 Å². The minimum atomic E-state index is -0.457. The van der Waals surface area contributed by atoms with E-state index in [1.165, 1.54) is 40.9 Å². The molecular weight excluding hydrogens is 322 g/mol. The lowest BCUT2D eigenvalue weighted by Gasteiger charge is -1.94. The van der Waals surface area contributed by atoms with Gasteiger partial charge in [-0.1, -0.05) is 17.4 Å². The number of hydrogen-bond acceptors (Lipinski definition) is 6. The maximum Gasteiger partial charge on any atom is 0.270 e. The molecule has 6 nitrogen and oxygen atoms in total. The monoisotopic (exact) mass is 331 g/mol. The molecule has 0 spiro atoms. The van der Waals surface area contributed by atoms with Gasteiger partial charge in [0.05, 0.1) is 15.1 Å². The van der Waals surface area contributed by atoms with E-state index in [9.17, 15) is 14.9 Å². The molecule has 8 heteroatoms. The molecule has 22 heavy (non-hydrogen) atoms. The first-order valence-electron chi connectivity index (χ1n) is 6.19. The molecule has 0 bridgehead atoms. The largest absolute Gasteiger partial charge is 0.298 e. The number of nitrogens with zero attached hydrogens (tertiary/aromatic N) is 2. The van der Waals surface area contributed by atoms with Crippen LogP contribution in [0.5, 0.6) is 0 Å². The van der Waals surface area contributed by atoms with Gasteiger partial charge in [-0.2, -0.15) is 0 Å². The van der Waals surface area contributed by atoms with Crippen LogP contribution < -0.4 is 5.32 Å². The number of nitrogens with one attached hydrogen (secondary N) is 1. The molecule has 0 atom stereocenters. The van der Waals surface area contributed by atoms with Crippen LogP contribution in [-0.4, -0.2) is 15.8 Å². The third kappa shape index (κ3) is 3.18. The third-order valence-electron chi connectivity index (χ3n) is 2.76. The second-order valence-electron chi connectivity index (χ2n) is 4.27. The summed E-state index contributed by atoms with van der Waals surface area (Å²) in [5.41, 5.74) is 0.625. The number of hydrogen-bond donors (Lipinski definition) is 1. The Morgan fingerprint density at radius 1 is 1.36 bits per heavy atom. The fourth-order valence-electron chi connectivity index (χ4n) is 1.77. The lowest BCUT2D eigenvalue weighted by molar-refractivity contribution is -0.384. The molecule has 110 valence electrons. The first kappa shape index (κ1) is 14.4. The van der Waals surface area contributed by atoms with Gasteiger partial charge in [0.25, 0.3) is 5.69 Å². The maximum absolute atomic E-state index is 11.8. The van der Waals surface area contributed by atoms with Gasteiger partial charge in [0.1, 0.15) is 0 Å². The van der Waals surface area contributed by atoms with Crippen LogP contribution in [0, 0.1) is 10.1 Å². The Bertz CT molecular complexity index is 869. The molecule has 0 saturated carbocycles. The number of carbonyl (C=O) groups is 1. The SMILES string of the molecule is O=C(/C=C\c1cccs1)Nc1nc2ccc([N+](=O)[O-])cc2s1. The molecule has 1 amide bonds. The Kier molecular flexibility index (Phi) is 3.94. The molecule has 0 aliphatic heterocycles. The summed E-state index contributed by atoms with van der Waals surface area (Å²) >= 11 is 2.74. The highest BCUT2D eigenvalue weighted by molar-refractivity contribution is 7.22. The first-order chi connectivity index (χ1) is 10.6. The predicted molar refractivity (Wildman–Crippen MR) is 88.3 cm³/mol. The molecule has 1 aromatic carbocycles. The summed E-state index contributed by atoms with van der Waals surface area (Å²) < 4.78 is 0.659. The van der Waals surface area contributed by atoms with Crippen LogP contribution in [-0.2, 0) is 4.79 Å². The molecule has 0 fully saturated rings. The van der Waals surface area contributed by atoms with E-state index in [2.05, 4.69) is 10.3 Å². The van der Waals surface area contributed by atoms with Crippen molar-refractivity contribution in [2.24, 2.45) is 0 Å². The van der Waals surface area contributed by atoms with Gasteiger partial charge in [-0.25, -0.2) is 4.98 Å². The molecule has 0 saturated heterocycles. The quantitative estimate of drug-likeness (QED) is 0.446. The summed E-state index contributed by atoms with van der Waals surface area (Å²) in [7, 11) is 0. The molecule has 0 unspecified atom stereocenters. The first-order valence-corrected chi connectivity index (χ1v) is 7.89. The maximum atomic E-state index is 11.8. The standard InChI is InChI=1S/C14H9N3O3S2/c18-13(6-4-10-2-1-7-21-10)16-14-15-11-5-3-9(17(19)20)8-12(11)22-14/h1-8H,(H,15,16,18)/b6-4-. The van der Waals surface area contributed by atoms with Gasteiger partial charge in [0.15, 0.2) is 5.13 Å². The number of amides is 1. The average Bonchev–Trinajstić information content (AvgIpc) is 3.13. The lowest BCUT2D eigenvalue weighted by Crippen LogP contribution is -2.06. The van der Waals surface area contributed by atoms with Gasteiger partial charge >= 0.3 is 0 Å². The minimum Gasteiger partial charge on any atom is -0.298 e. The molecule has 0 aliphatic carbocycles. The average molecular weight is 331 g/mol. The summed E-state index contributed by atoms with van der Waals surface area (Å²) in [6.45, 7) is 0. The summed E-state index contributed by atoms with van der Waals surface area (Å²) in [6, 6.07) is 8.23. The van der Waals surface area contributed by atoms with Crippen LogP contribution in [0.3, 0.4) is 0 Å². The predicted octanol–water partition coefficient (Wildman–Crippen LogP) is 3.92. The van der Waals surface area contributed by atoms with Gasteiger partial charge in [0.2, 0.25) is 5.91 Å². The van der Waals surface area contributed by atoms with E-state index >= 15 is 0 Å². The van der Waals surface area contributed by atoms with Crippen molar-refractivity contribution < 1.29 is 9.72 Å². The number of carbonyl (C=O) groups excluding carboxylic acids is 1. The molecule has 0 aliphatic rings. The van der Waals surface area contributed by atoms with E-state index in [0.29, 0.717) is 15.3 Å². The molecule has 3 rings (SSSR count). The summed E-state index contributed by atoms with van der Waals surface area (Å²) in [4.78, 5) is 27.3. The van der Waals surface area contributed by atoms with Crippen molar-refractivity contribution in [1.82, 2.24) is 4.98 Å². The van der Waals surface area contributed by atoms with Crippen LogP contribution in [0.25, 0.3) is 16.3 Å². The normalized spacial score (nSPS) is 11.1. The third-order valence-corrected chi connectivity index (χ3v) is 4.53. The number of rotatable bonds is 4. The molecular formula is C14H9N3O3S2. The highest BCUT2D eigenvalue weighted by Gasteiger charge is 2.11. The number of nitro groups is 1. The molecule has 1 N–H and O–H groups in total. The molecule has 2 aromatic heterocycles. The fraction of sp³-hybridized carbons (Fsp3) is 0. The number of nitro benzene ring substituents is 1. The van der Waals surface area contributed by atoms with Crippen molar-refractivity contribution in [2.75, 3.05) is 5.32 Å². The van der Waals surface area contributed by atoms with Crippen LogP contribution >= 0.6 is 22.7 Å². The summed E-state index contributed by atoms with van der Waals surface area (Å²) in [5.74, 6) is -0.290. The van der Waals surface area contributed by atoms with Gasteiger partial charge in [-0.15, -0.1) is 11.3 Å². The Morgan fingerprint density at radius 2 is 2.23 bits per heavy atom. The van der Waals surface area contributed by atoms with Crippen molar-refractivity contribution >= 4 is 55.7 Å². The van der Waals surface area contributed by atoms with E-state index in [1.807, 2.05) is 17.5 Å². The Labute approximate surface area is 132 Å². The Hall–Kier alpha value is -2.58. The Morgan fingerprint density at radius 3 is 2.95 bits per heavy atom. The van der Waals surface area contributed by atoms with E-state index in [1.54, 1.807) is 12.1 Å². The smallest absolute Gasteiger partial charge is 0.270 e. The second kappa shape index (κ2) is 6.04. The van der Waals surface area contributed by atoms with Gasteiger partial charge in [-0.3, -0.25) is 20.2 Å². The van der Waals surface area contributed by atoms with Crippen molar-refractivity contribution in [1.29, 1.82) is 0 Å². The van der Waals surface area contributed by atoms with Gasteiger partial charge in [0, 0.05) is 23.1 Å². The lowest BCUT2D eigenvalue weighted by atomic mass is 10.3. The Balaban J connectivity index is 1.76. The van der Waals surface area contributed by atoms with E-state index in [-0.39, 0.29) is 11.6 Å². The van der Waals surface area contributed by atoms with Crippen LogP contribution in [0.2, 0.25) is 0 Å². The van der Waals surface area contributed by atoms with E-state index in [4.69, 9.17) is 0 Å². The summed E-state index contributed by atoms with van der Waals surface area (Å²) in [6.07, 6.45) is 3.15. The minimum absolute atomic E-state index is 0.00613. The van der Waals surface area contributed by atoms with Crippen LogP contribution in [0.15, 0.2) is 41.8 Å². The number of non-ortho nitro benzene ring substituents is 1. The van der Waals surface area contributed by atoms with Crippen molar-refractivity contribution in [3.05, 3.63) is 56.8 Å². The van der Waals surface area contributed by atoms with E-state index in [0.717, 1.165) is 4.88 Å². The number of thiophene rings is 1. The van der Waals surface area contributed by atoms with Gasteiger partial charge in [-0.05, 0) is 23.6 Å². The van der Waals surface area contributed by atoms with E-state index < -0.39 is 4.92 Å². The second-order valence-corrected chi connectivity index (χ2v) is 6.28. The molecule has 2 heterocycles. The molecule has 0 radical (unpaired) electrons. The zero-order valence-electron chi connectivity index (χ0n) is 11.1. The zero-order valence-corrected chi connectivity index (χ0v) is 12.7. The topological polar surface area (TPSA) is 85.1 Å². The van der Waals surface area contributed by atoms with Crippen LogP contribution in [0.1, 0.15) is 4.88 Å². The number of anilines is 1. The summed E-state index contributed by atoms with van der Waals surface area (Å²) in [5, 5.41) is 15.7. The zero-order chi connectivity index (χ0) is 15.5. The number of benzene rings is 1. The fourth-order valence-corrected chi connectivity index (χ4v) is 3.29. The highest BCUT2D eigenvalue weighted by atomic mass is 32.1. The highest BCUT2D eigenvalue weighted by Crippen LogP contribution is 2.29. The van der Waals surface area contributed by atoms with Gasteiger partial charge < -0.3 is 0 Å². The number of thiazole rings is 1. The van der Waals surface area contributed by atoms with Crippen LogP contribution in [0.4, 0.5) is 10.8 Å². The molecule has 3 aromatic rings. The number of aromatic nitrogens is 1. The van der Waals surface area contributed by atoms with Crippen molar-refractivity contribution in [3.8, 4) is 0 Å².